The van der Waals surface area contributed by atoms with Gasteiger partial charge in [-0.15, -0.1) is 11.3 Å². The zero-order valence-electron chi connectivity index (χ0n) is 12.3. The summed E-state index contributed by atoms with van der Waals surface area (Å²) in [5, 5.41) is 11.9. The number of hydrogen-bond acceptors (Lipinski definition) is 4. The van der Waals surface area contributed by atoms with Crippen LogP contribution in [0.3, 0.4) is 0 Å². The van der Waals surface area contributed by atoms with Crippen molar-refractivity contribution in [2.75, 3.05) is 11.9 Å². The normalized spacial score (nSPS) is 14.0. The molecule has 108 valence electrons. The van der Waals surface area contributed by atoms with Gasteiger partial charge in [-0.05, 0) is 36.9 Å². The molecule has 0 fully saturated rings. The molecule has 2 aromatic rings. The fourth-order valence-corrected chi connectivity index (χ4v) is 2.95. The van der Waals surface area contributed by atoms with Crippen LogP contribution in [-0.2, 0) is 6.42 Å². The van der Waals surface area contributed by atoms with Crippen LogP contribution in [0.1, 0.15) is 36.9 Å². The van der Waals surface area contributed by atoms with Gasteiger partial charge >= 0.3 is 0 Å². The molecule has 1 N–H and O–H groups in total. The molecule has 2 atom stereocenters. The molecule has 2 heterocycles. The van der Waals surface area contributed by atoms with Crippen LogP contribution in [0, 0.1) is 0 Å². The summed E-state index contributed by atoms with van der Waals surface area (Å²) in [6.45, 7) is 4.17. The van der Waals surface area contributed by atoms with E-state index < -0.39 is 6.10 Å². The van der Waals surface area contributed by atoms with Crippen molar-refractivity contribution in [2.45, 2.75) is 38.8 Å². The Morgan fingerprint density at radius 1 is 1.35 bits per heavy atom. The predicted octanol–water partition coefficient (Wildman–Crippen LogP) is 3.65. The predicted molar refractivity (Wildman–Crippen MR) is 85.4 cm³/mol. The molecular weight excluding hydrogens is 268 g/mol. The van der Waals surface area contributed by atoms with E-state index in [1.165, 1.54) is 4.88 Å². The third kappa shape index (κ3) is 3.58. The Morgan fingerprint density at radius 2 is 2.15 bits per heavy atom. The Kier molecular flexibility index (Phi) is 5.15. The van der Waals surface area contributed by atoms with Crippen LogP contribution in [-0.4, -0.2) is 23.2 Å². The molecule has 0 saturated carbocycles. The zero-order chi connectivity index (χ0) is 14.5. The summed E-state index contributed by atoms with van der Waals surface area (Å²) in [5.41, 5.74) is 1.83. The first kappa shape index (κ1) is 15.0. The first-order valence-electron chi connectivity index (χ1n) is 7.01. The number of aliphatic hydroxyl groups is 1. The molecule has 0 aliphatic carbocycles. The second-order valence-electron chi connectivity index (χ2n) is 5.11. The van der Waals surface area contributed by atoms with Crippen LogP contribution in [0.2, 0.25) is 0 Å². The molecule has 0 aliphatic heterocycles. The van der Waals surface area contributed by atoms with Gasteiger partial charge in [0.1, 0.15) is 0 Å². The molecule has 0 saturated heterocycles. The van der Waals surface area contributed by atoms with Crippen molar-refractivity contribution in [3.8, 4) is 0 Å². The van der Waals surface area contributed by atoms with Crippen molar-refractivity contribution < 1.29 is 5.11 Å². The highest BCUT2D eigenvalue weighted by molar-refractivity contribution is 7.09. The summed E-state index contributed by atoms with van der Waals surface area (Å²) in [5.74, 6) is 0. The van der Waals surface area contributed by atoms with E-state index in [1.54, 1.807) is 11.3 Å². The van der Waals surface area contributed by atoms with Crippen molar-refractivity contribution >= 4 is 17.0 Å². The minimum absolute atomic E-state index is 0.414. The Hall–Kier alpha value is -1.39. The van der Waals surface area contributed by atoms with Crippen molar-refractivity contribution in [2.24, 2.45) is 0 Å². The number of rotatable bonds is 6. The van der Waals surface area contributed by atoms with Crippen LogP contribution in [0.5, 0.6) is 0 Å². The van der Waals surface area contributed by atoms with Gasteiger partial charge in [0.25, 0.3) is 0 Å². The van der Waals surface area contributed by atoms with Gasteiger partial charge < -0.3 is 10.0 Å². The van der Waals surface area contributed by atoms with Gasteiger partial charge in [0.05, 0.1) is 23.7 Å². The number of thiophene rings is 1. The summed E-state index contributed by atoms with van der Waals surface area (Å²) in [6.07, 6.45) is 3.11. The largest absolute Gasteiger partial charge is 0.387 e. The van der Waals surface area contributed by atoms with Gasteiger partial charge in [0, 0.05) is 24.4 Å². The maximum absolute atomic E-state index is 9.76. The van der Waals surface area contributed by atoms with Crippen molar-refractivity contribution in [1.29, 1.82) is 0 Å². The molecule has 20 heavy (non-hydrogen) atoms. The summed E-state index contributed by atoms with van der Waals surface area (Å²) in [4.78, 5) is 7.99. The summed E-state index contributed by atoms with van der Waals surface area (Å²) >= 11 is 1.80. The number of aromatic nitrogens is 1. The fourth-order valence-electron chi connectivity index (χ4n) is 2.12. The summed E-state index contributed by atoms with van der Waals surface area (Å²) in [7, 11) is 2.09. The highest BCUT2D eigenvalue weighted by Gasteiger charge is 2.13. The zero-order valence-corrected chi connectivity index (χ0v) is 13.1. The quantitative estimate of drug-likeness (QED) is 0.882. The molecule has 4 heteroatoms. The van der Waals surface area contributed by atoms with E-state index in [0.717, 1.165) is 17.8 Å². The maximum Gasteiger partial charge on any atom is 0.0957 e. The second kappa shape index (κ2) is 6.86. The molecule has 2 aromatic heterocycles. The molecular formula is C16H22N2OS. The Morgan fingerprint density at radius 3 is 2.70 bits per heavy atom. The van der Waals surface area contributed by atoms with E-state index in [1.807, 2.05) is 25.3 Å². The topological polar surface area (TPSA) is 36.4 Å². The lowest BCUT2D eigenvalue weighted by Crippen LogP contribution is -2.30. The van der Waals surface area contributed by atoms with Crippen LogP contribution < -0.4 is 4.90 Å². The van der Waals surface area contributed by atoms with E-state index in [9.17, 15) is 5.11 Å². The van der Waals surface area contributed by atoms with E-state index in [4.69, 9.17) is 0 Å². The molecule has 2 unspecified atom stereocenters. The van der Waals surface area contributed by atoms with Crippen LogP contribution >= 0.6 is 11.3 Å². The van der Waals surface area contributed by atoms with Gasteiger partial charge in [-0.3, -0.25) is 4.98 Å². The van der Waals surface area contributed by atoms with Crippen molar-refractivity contribution in [3.05, 3.63) is 46.4 Å². The van der Waals surface area contributed by atoms with Crippen molar-refractivity contribution in [1.82, 2.24) is 4.98 Å². The average Bonchev–Trinajstić information content (AvgIpc) is 2.98. The molecule has 0 aromatic carbocycles. The minimum atomic E-state index is -0.460. The number of nitrogens with zero attached hydrogens (tertiary/aromatic N) is 2. The van der Waals surface area contributed by atoms with Crippen LogP contribution in [0.25, 0.3) is 0 Å². The number of anilines is 1. The standard InChI is InChI=1S/C16H22N2OS/c1-4-16(19)15-8-7-13(11-17-15)18(3)12(2)10-14-6-5-9-20-14/h5-9,11-12,16,19H,4,10H2,1-3H3. The van der Waals surface area contributed by atoms with Crippen molar-refractivity contribution in [3.63, 3.8) is 0 Å². The van der Waals surface area contributed by atoms with E-state index in [0.29, 0.717) is 12.5 Å². The number of likely N-dealkylation sites (N-methyl/N-ethyl adjacent to an activating group) is 1. The third-order valence-corrected chi connectivity index (χ3v) is 4.54. The van der Waals surface area contributed by atoms with E-state index in [-0.39, 0.29) is 0 Å². The average molecular weight is 290 g/mol. The van der Waals surface area contributed by atoms with Gasteiger partial charge in [0.15, 0.2) is 0 Å². The molecule has 0 radical (unpaired) electrons. The van der Waals surface area contributed by atoms with Crippen LogP contribution in [0.4, 0.5) is 5.69 Å². The molecule has 0 aliphatic rings. The highest BCUT2D eigenvalue weighted by Crippen LogP contribution is 2.21. The SMILES string of the molecule is CCC(O)c1ccc(N(C)C(C)Cc2cccs2)cn1. The monoisotopic (exact) mass is 290 g/mol. The first-order chi connectivity index (χ1) is 9.61. The molecule has 3 nitrogen and oxygen atoms in total. The van der Waals surface area contributed by atoms with Gasteiger partial charge in [0.2, 0.25) is 0 Å². The highest BCUT2D eigenvalue weighted by atomic mass is 32.1. The van der Waals surface area contributed by atoms with E-state index in [2.05, 4.69) is 41.4 Å². The van der Waals surface area contributed by atoms with Gasteiger partial charge in [-0.1, -0.05) is 13.0 Å². The lowest BCUT2D eigenvalue weighted by Gasteiger charge is -2.26. The first-order valence-corrected chi connectivity index (χ1v) is 7.89. The Balaban J connectivity index is 2.02. The van der Waals surface area contributed by atoms with Crippen LogP contribution in [0.15, 0.2) is 35.8 Å². The summed E-state index contributed by atoms with van der Waals surface area (Å²) in [6, 6.07) is 8.63. The lowest BCUT2D eigenvalue weighted by atomic mass is 10.1. The molecule has 0 bridgehead atoms. The summed E-state index contributed by atoms with van der Waals surface area (Å²) < 4.78 is 0. The third-order valence-electron chi connectivity index (χ3n) is 3.64. The molecule has 0 amide bonds. The Labute approximate surface area is 124 Å². The Bertz CT molecular complexity index is 510. The number of hydrogen-bond donors (Lipinski definition) is 1. The molecule has 2 rings (SSSR count). The van der Waals surface area contributed by atoms with Gasteiger partial charge in [-0.2, -0.15) is 0 Å². The van der Waals surface area contributed by atoms with Gasteiger partial charge in [-0.25, -0.2) is 0 Å². The fraction of sp³-hybridized carbons (Fsp3) is 0.438. The molecule has 0 spiro atoms. The maximum atomic E-state index is 9.76. The smallest absolute Gasteiger partial charge is 0.0957 e. The van der Waals surface area contributed by atoms with E-state index >= 15 is 0 Å². The number of aliphatic hydroxyl groups excluding tert-OH is 1. The second-order valence-corrected chi connectivity index (χ2v) is 6.14. The number of pyridine rings is 1. The lowest BCUT2D eigenvalue weighted by molar-refractivity contribution is 0.169. The minimum Gasteiger partial charge on any atom is -0.387 e.